The molecular weight excluding hydrogens is 278 g/mol. The first-order valence-electron chi connectivity index (χ1n) is 10.4. The van der Waals surface area contributed by atoms with Crippen molar-refractivity contribution in [3.05, 3.63) is 35.4 Å². The Morgan fingerprint density at radius 1 is 1.55 bits per heavy atom. The fourth-order valence-electron chi connectivity index (χ4n) is 4.35. The molecule has 2 aliphatic carbocycles. The Morgan fingerprint density at radius 3 is 3.27 bits per heavy atom. The minimum Gasteiger partial charge on any atom is -0.493 e. The lowest BCUT2D eigenvalue weighted by atomic mass is 9.53. The lowest BCUT2D eigenvalue weighted by molar-refractivity contribution is -0.0453. The van der Waals surface area contributed by atoms with Crippen molar-refractivity contribution in [2.24, 2.45) is 5.89 Å². The molecule has 2 unspecified atom stereocenters. The maximum atomic E-state index is 9.46. The molecule has 4 nitrogen and oxygen atoms in total. The van der Waals surface area contributed by atoms with E-state index in [1.54, 1.807) is 19.2 Å². The molecule has 0 saturated carbocycles. The van der Waals surface area contributed by atoms with E-state index >= 15 is 0 Å². The zero-order valence-corrected chi connectivity index (χ0v) is 12.5. The van der Waals surface area contributed by atoms with Gasteiger partial charge < -0.3 is 19.5 Å². The van der Waals surface area contributed by atoms with Crippen molar-refractivity contribution in [1.29, 1.82) is 1.43 Å². The molecule has 5 rings (SSSR count). The third-order valence-electron chi connectivity index (χ3n) is 5.36. The van der Waals surface area contributed by atoms with E-state index in [0.29, 0.717) is 29.8 Å². The largest absolute Gasteiger partial charge is 0.493 e. The van der Waals surface area contributed by atoms with Gasteiger partial charge in [-0.1, -0.05) is 18.2 Å². The molecule has 1 saturated heterocycles. The van der Waals surface area contributed by atoms with Crippen LogP contribution in [0.2, 0.25) is 0 Å². The highest BCUT2D eigenvalue weighted by atomic mass is 16.5. The summed E-state index contributed by atoms with van der Waals surface area (Å²) in [5.41, 5.74) is -0.622. The second-order valence-corrected chi connectivity index (χ2v) is 6.29. The summed E-state index contributed by atoms with van der Waals surface area (Å²) >= 11 is 0. The summed E-state index contributed by atoms with van der Waals surface area (Å²) in [6, 6.07) is 2.34. The van der Waals surface area contributed by atoms with Crippen LogP contribution in [0.5, 0.6) is 11.5 Å². The molecule has 0 aromatic heterocycles. The molecule has 0 radical (unpaired) electrons. The Kier molecular flexibility index (Phi) is 1.54. The molecule has 22 heavy (non-hydrogen) atoms. The SMILES string of the molecule is [2H]OC1([2H])C=C[C@@]2([2H])[C@@H]3N(C)CC[C@@]24c2c(ccc(OC)c2OC14[2H])C3([2H])[2H]. The number of likely N-dealkylation sites (N-methyl/N-ethyl adjacent to an activating group) is 1. The number of rotatable bonds is 2. The number of methoxy groups -OCH3 is 1. The number of ether oxygens (including phenoxy) is 2. The van der Waals surface area contributed by atoms with Crippen molar-refractivity contribution in [2.45, 2.75) is 36.4 Å². The van der Waals surface area contributed by atoms with E-state index in [9.17, 15) is 2.74 Å². The summed E-state index contributed by atoms with van der Waals surface area (Å²) in [5.74, 6) is -1.09. The van der Waals surface area contributed by atoms with Gasteiger partial charge in [0.25, 0.3) is 0 Å². The normalized spacial score (nSPS) is 57.3. The van der Waals surface area contributed by atoms with Crippen LogP contribution in [0.4, 0.5) is 0 Å². The van der Waals surface area contributed by atoms with Crippen LogP contribution in [0.25, 0.3) is 0 Å². The number of hydrogen-bond acceptors (Lipinski definition) is 4. The van der Waals surface area contributed by atoms with Crippen LogP contribution in [0, 0.1) is 5.89 Å². The van der Waals surface area contributed by atoms with E-state index in [2.05, 4.69) is 0 Å². The number of likely N-dealkylation sites (tertiary alicyclic amines) is 1. The Balaban J connectivity index is 1.98. The summed E-state index contributed by atoms with van der Waals surface area (Å²) in [4.78, 5) is 1.81. The molecule has 116 valence electrons. The van der Waals surface area contributed by atoms with Gasteiger partial charge in [-0.2, -0.15) is 0 Å². The zero-order chi connectivity index (χ0) is 20.3. The van der Waals surface area contributed by atoms with Gasteiger partial charge >= 0.3 is 0 Å². The van der Waals surface area contributed by atoms with Gasteiger partial charge in [0.15, 0.2) is 11.5 Å². The molecule has 1 aromatic carbocycles. The molecule has 1 fully saturated rings. The molecule has 1 N–H and O–H groups in total. The van der Waals surface area contributed by atoms with E-state index in [4.69, 9.17) is 20.1 Å². The van der Waals surface area contributed by atoms with Crippen LogP contribution in [0.3, 0.4) is 0 Å². The van der Waals surface area contributed by atoms with Gasteiger partial charge in [0.1, 0.15) is 12.2 Å². The maximum absolute atomic E-state index is 9.46. The van der Waals surface area contributed by atoms with E-state index in [1.165, 1.54) is 19.3 Å². The first-order valence-corrected chi connectivity index (χ1v) is 7.50. The number of piperidine rings is 1. The molecule has 4 heteroatoms. The molecule has 4 aliphatic rings. The molecule has 2 heterocycles. The van der Waals surface area contributed by atoms with Crippen molar-refractivity contribution in [2.75, 3.05) is 20.7 Å². The van der Waals surface area contributed by atoms with Crippen molar-refractivity contribution >= 4 is 0 Å². The first-order chi connectivity index (χ1) is 13.0. The zero-order valence-electron chi connectivity index (χ0n) is 18.5. The van der Waals surface area contributed by atoms with E-state index in [-0.39, 0.29) is 5.75 Å². The monoisotopic (exact) mass is 305 g/mol. The topological polar surface area (TPSA) is 41.9 Å². The minimum atomic E-state index is -2.18. The van der Waals surface area contributed by atoms with E-state index < -0.39 is 35.9 Å². The summed E-state index contributed by atoms with van der Waals surface area (Å²) < 4.78 is 64.2. The van der Waals surface area contributed by atoms with Crippen LogP contribution in [0.15, 0.2) is 24.3 Å². The van der Waals surface area contributed by atoms with Gasteiger partial charge in [-0.3, -0.25) is 0 Å². The number of aliphatic hydroxyl groups is 1. The molecular formula is C18H21NO3. The minimum absolute atomic E-state index is 0.177. The quantitative estimate of drug-likeness (QED) is 0.841. The van der Waals surface area contributed by atoms with Crippen LogP contribution < -0.4 is 9.47 Å². The van der Waals surface area contributed by atoms with Crippen LogP contribution >= 0.6 is 0 Å². The van der Waals surface area contributed by atoms with Crippen LogP contribution in [-0.2, 0) is 11.8 Å². The smallest absolute Gasteiger partial charge is 0.211 e. The fraction of sp³-hybridized carbons (Fsp3) is 0.556. The van der Waals surface area contributed by atoms with Gasteiger partial charge in [-0.05, 0) is 38.0 Å². The van der Waals surface area contributed by atoms with Gasteiger partial charge in [0.2, 0.25) is 1.43 Å². The predicted octanol–water partition coefficient (Wildman–Crippen LogP) is 1.50. The molecule has 2 aliphatic heterocycles. The maximum Gasteiger partial charge on any atom is 0.211 e. The Morgan fingerprint density at radius 2 is 2.45 bits per heavy atom. The predicted molar refractivity (Wildman–Crippen MR) is 82.5 cm³/mol. The summed E-state index contributed by atoms with van der Waals surface area (Å²) in [5, 5.41) is 4.71. The number of nitrogens with zero attached hydrogens (tertiary/aromatic N) is 1. The van der Waals surface area contributed by atoms with E-state index in [1.807, 2.05) is 4.90 Å². The van der Waals surface area contributed by atoms with Crippen molar-refractivity contribution in [1.82, 2.24) is 4.90 Å². The van der Waals surface area contributed by atoms with Crippen molar-refractivity contribution < 1.29 is 21.4 Å². The van der Waals surface area contributed by atoms with E-state index in [0.717, 1.165) is 0 Å². The van der Waals surface area contributed by atoms with Crippen molar-refractivity contribution in [3.63, 3.8) is 0 Å². The molecule has 1 aromatic rings. The number of benzene rings is 1. The first kappa shape index (κ1) is 8.37. The fourth-order valence-corrected chi connectivity index (χ4v) is 4.35. The Labute approximate surface area is 138 Å². The molecule has 2 bridgehead atoms. The third kappa shape index (κ3) is 1.28. The highest BCUT2D eigenvalue weighted by Gasteiger charge is 2.64. The van der Waals surface area contributed by atoms with Gasteiger partial charge in [-0.15, -0.1) is 0 Å². The third-order valence-corrected chi connectivity index (χ3v) is 5.36. The second-order valence-electron chi connectivity index (χ2n) is 6.29. The van der Waals surface area contributed by atoms with Crippen molar-refractivity contribution in [3.8, 4) is 11.5 Å². The average molecular weight is 305 g/mol. The van der Waals surface area contributed by atoms with Crippen LogP contribution in [0.1, 0.15) is 24.4 Å². The number of hydrogen-bond donors (Lipinski definition) is 1. The lowest BCUT2D eigenvalue weighted by Gasteiger charge is -2.56. The van der Waals surface area contributed by atoms with Crippen LogP contribution in [-0.4, -0.2) is 50.3 Å². The standard InChI is InChI=1S/C18H21NO3/c1-19-8-7-18-11-4-5-13(20)17(18)22-16-14(21-2)6-3-10(15(16)18)9-12(11)19/h3-6,11-13,17,20H,7-9H2,1-2H3/t11-,12+,13?,17?,18-/m0/s1/i9D2,11D,13D,17D,20D. The highest BCUT2D eigenvalue weighted by molar-refractivity contribution is 5.62. The summed E-state index contributed by atoms with van der Waals surface area (Å²) in [6.45, 7) is 0.423. The Bertz CT molecular complexity index is 927. The average Bonchev–Trinajstić information content (AvgIpc) is 2.93. The molecule has 0 amide bonds. The second kappa shape index (κ2) is 4.06. The Hall–Kier alpha value is -1.52. The molecule has 1 spiro atoms. The summed E-state index contributed by atoms with van der Waals surface area (Å²) in [7, 11) is 3.23. The summed E-state index contributed by atoms with van der Waals surface area (Å²) in [6.07, 6.45) is -3.27. The van der Waals surface area contributed by atoms with Gasteiger partial charge in [-0.25, -0.2) is 0 Å². The van der Waals surface area contributed by atoms with Gasteiger partial charge in [0.05, 0.1) is 9.85 Å². The molecule has 5 atom stereocenters. The van der Waals surface area contributed by atoms with Gasteiger partial charge in [0, 0.05) is 27.0 Å². The highest BCUT2D eigenvalue weighted by Crippen LogP contribution is 2.62. The lowest BCUT2D eigenvalue weighted by Crippen LogP contribution is -2.64.